The summed E-state index contributed by atoms with van der Waals surface area (Å²) in [5.74, 6) is 1.21. The molecule has 0 aliphatic heterocycles. The van der Waals surface area contributed by atoms with Crippen molar-refractivity contribution in [3.63, 3.8) is 0 Å². The van der Waals surface area contributed by atoms with Gasteiger partial charge in [-0.05, 0) is 47.2 Å². The van der Waals surface area contributed by atoms with Gasteiger partial charge in [0.1, 0.15) is 0 Å². The predicted octanol–water partition coefficient (Wildman–Crippen LogP) is 6.43. The van der Waals surface area contributed by atoms with E-state index in [2.05, 4.69) is 105 Å². The third kappa shape index (κ3) is 6.25. The molecule has 2 aliphatic rings. The van der Waals surface area contributed by atoms with E-state index in [9.17, 15) is 0 Å². The lowest BCUT2D eigenvalue weighted by atomic mass is 9.95. The van der Waals surface area contributed by atoms with Crippen molar-refractivity contribution in [2.45, 2.75) is 50.6 Å². The minimum absolute atomic E-state index is 0.605. The first-order valence-corrected chi connectivity index (χ1v) is 14.8. The molecule has 0 saturated heterocycles. The van der Waals surface area contributed by atoms with E-state index in [0.29, 0.717) is 11.8 Å². The molecule has 0 heterocycles. The van der Waals surface area contributed by atoms with Crippen LogP contribution in [0.15, 0.2) is 47.5 Å². The van der Waals surface area contributed by atoms with Crippen molar-refractivity contribution in [3.8, 4) is 0 Å². The lowest BCUT2D eigenvalue weighted by molar-refractivity contribution is -0.870. The molecule has 2 radical (unpaired) electrons. The Morgan fingerprint density at radius 2 is 1.03 bits per heavy atom. The molecule has 0 spiro atoms. The van der Waals surface area contributed by atoms with E-state index in [0.717, 1.165) is 31.3 Å². The summed E-state index contributed by atoms with van der Waals surface area (Å²) in [6, 6.07) is 16.6. The molecular formula is C32H46N2Si+2. The number of benzene rings is 2. The van der Waals surface area contributed by atoms with Gasteiger partial charge in [-0.3, -0.25) is 0 Å². The predicted molar refractivity (Wildman–Crippen MR) is 154 cm³/mol. The van der Waals surface area contributed by atoms with E-state index in [1.165, 1.54) is 47.4 Å². The van der Waals surface area contributed by atoms with Gasteiger partial charge in [-0.15, -0.1) is 0 Å². The van der Waals surface area contributed by atoms with Crippen molar-refractivity contribution in [2.24, 2.45) is 0 Å². The number of fused-ring (bicyclic) bond motifs is 2. The van der Waals surface area contributed by atoms with Crippen molar-refractivity contribution in [3.05, 3.63) is 80.9 Å². The molecule has 2 aromatic carbocycles. The molecule has 2 aliphatic carbocycles. The van der Waals surface area contributed by atoms with Crippen LogP contribution in [-0.4, -0.2) is 73.9 Å². The fourth-order valence-corrected chi connectivity index (χ4v) is 7.46. The third-order valence-electron chi connectivity index (χ3n) is 7.86. The second kappa shape index (κ2) is 10.2. The second-order valence-electron chi connectivity index (χ2n) is 12.9. The summed E-state index contributed by atoms with van der Waals surface area (Å²) in [7, 11) is 14.7. The number of allylic oxidation sites excluding steroid dienone is 2. The highest BCUT2D eigenvalue weighted by atomic mass is 28.2. The van der Waals surface area contributed by atoms with Gasteiger partial charge >= 0.3 is 0 Å². The first kappa shape index (κ1) is 26.1. The van der Waals surface area contributed by atoms with Gasteiger partial charge in [0.2, 0.25) is 0 Å². The molecule has 0 saturated carbocycles. The number of likely N-dealkylation sites (N-methyl/N-ethyl adjacent to an activating group) is 2. The van der Waals surface area contributed by atoms with Crippen LogP contribution in [0.5, 0.6) is 0 Å². The average molecular weight is 487 g/mol. The van der Waals surface area contributed by atoms with Crippen molar-refractivity contribution in [2.75, 3.05) is 55.4 Å². The van der Waals surface area contributed by atoms with Crippen LogP contribution in [0.3, 0.4) is 0 Å². The fourth-order valence-electron chi connectivity index (χ4n) is 5.63. The first-order valence-electron chi connectivity index (χ1n) is 13.3. The zero-order chi connectivity index (χ0) is 25.4. The molecule has 35 heavy (non-hydrogen) atoms. The molecule has 0 fully saturated rings. The Morgan fingerprint density at radius 1 is 0.629 bits per heavy atom. The van der Waals surface area contributed by atoms with Crippen LogP contribution in [0.4, 0.5) is 0 Å². The summed E-state index contributed by atoms with van der Waals surface area (Å²) in [6.07, 6.45) is 7.30. The second-order valence-corrected chi connectivity index (χ2v) is 14.2. The summed E-state index contributed by atoms with van der Waals surface area (Å²) in [4.78, 5) is 0. The Kier molecular flexibility index (Phi) is 7.62. The molecule has 0 aromatic heterocycles. The highest BCUT2D eigenvalue weighted by molar-refractivity contribution is 6.36. The minimum atomic E-state index is 0.605. The van der Waals surface area contributed by atoms with Crippen molar-refractivity contribution >= 4 is 21.7 Å². The molecule has 0 amide bonds. The molecule has 0 bridgehead atoms. The van der Waals surface area contributed by atoms with Gasteiger partial charge in [-0.1, -0.05) is 71.8 Å². The smallest absolute Gasteiger partial charge is 0.0821 e. The number of quaternary nitrogens is 2. The maximum atomic E-state index is 2.49. The van der Waals surface area contributed by atoms with Crippen LogP contribution in [0.2, 0.25) is 12.1 Å². The maximum absolute atomic E-state index is 2.49. The molecule has 3 heteroatoms. The lowest BCUT2D eigenvalue weighted by Crippen LogP contribution is -2.36. The van der Waals surface area contributed by atoms with Crippen molar-refractivity contribution in [1.82, 2.24) is 0 Å². The van der Waals surface area contributed by atoms with Crippen LogP contribution in [0, 0.1) is 0 Å². The summed E-state index contributed by atoms with van der Waals surface area (Å²) in [6.45, 7) is 7.07. The Hall–Kier alpha value is -1.94. The van der Waals surface area contributed by atoms with E-state index in [1.807, 2.05) is 0 Å². The van der Waals surface area contributed by atoms with Gasteiger partial charge in [0.05, 0.1) is 55.4 Å². The summed E-state index contributed by atoms with van der Waals surface area (Å²) >= 11 is 0. The van der Waals surface area contributed by atoms with E-state index in [1.54, 1.807) is 22.3 Å². The molecule has 2 aromatic rings. The highest BCUT2D eigenvalue weighted by Crippen LogP contribution is 2.43. The number of hydrogen-bond acceptors (Lipinski definition) is 0. The SMILES string of the molecule is CC1=Cc2c(CC[N+](C)(C)C)cccc2C1C[Si]CC1C(C)=Cc2c(CC[N+](C)(C)C)cccc21. The monoisotopic (exact) mass is 486 g/mol. The fraction of sp³-hybridized carbons (Fsp3) is 0.500. The Labute approximate surface area is 217 Å². The molecule has 186 valence electrons. The number of hydrogen-bond donors (Lipinski definition) is 0. The largest absolute Gasteiger partial charge is 0.331 e. The molecule has 2 nitrogen and oxygen atoms in total. The van der Waals surface area contributed by atoms with Crippen LogP contribution >= 0.6 is 0 Å². The van der Waals surface area contributed by atoms with Gasteiger partial charge in [-0.2, -0.15) is 0 Å². The average Bonchev–Trinajstić information content (AvgIpc) is 3.26. The van der Waals surface area contributed by atoms with Crippen LogP contribution in [-0.2, 0) is 12.8 Å². The van der Waals surface area contributed by atoms with Crippen LogP contribution < -0.4 is 0 Å². The molecule has 4 rings (SSSR count). The van der Waals surface area contributed by atoms with Gasteiger partial charge in [0.15, 0.2) is 0 Å². The quantitative estimate of drug-likeness (QED) is 0.268. The Balaban J connectivity index is 1.42. The standard InChI is InChI=1S/C32H46N2Si/c1-23-19-29-25(15-17-33(3,4)5)11-9-13-27(29)31(23)21-35-22-32-24(2)20-30-26(12-10-14-28(30)32)16-18-34(6,7)8/h9-14,19-20,31-32H,15-18,21-22H2,1-8H3/q+2. The summed E-state index contributed by atoms with van der Waals surface area (Å²) in [5, 5.41) is 0. The molecule has 2 unspecified atom stereocenters. The van der Waals surface area contributed by atoms with Crippen LogP contribution in [0.25, 0.3) is 12.2 Å². The van der Waals surface area contributed by atoms with E-state index in [-0.39, 0.29) is 0 Å². The van der Waals surface area contributed by atoms with Gasteiger partial charge in [-0.25, -0.2) is 0 Å². The van der Waals surface area contributed by atoms with E-state index < -0.39 is 0 Å². The van der Waals surface area contributed by atoms with Gasteiger partial charge < -0.3 is 8.97 Å². The maximum Gasteiger partial charge on any atom is 0.0821 e. The third-order valence-corrected chi connectivity index (χ3v) is 9.25. The first-order chi connectivity index (χ1) is 16.4. The highest BCUT2D eigenvalue weighted by Gasteiger charge is 2.28. The van der Waals surface area contributed by atoms with Crippen molar-refractivity contribution in [1.29, 1.82) is 0 Å². The van der Waals surface area contributed by atoms with Crippen molar-refractivity contribution < 1.29 is 8.97 Å². The topological polar surface area (TPSA) is 0 Å². The number of nitrogens with zero attached hydrogens (tertiary/aromatic N) is 2. The zero-order valence-electron chi connectivity index (χ0n) is 23.4. The molecule has 0 N–H and O–H groups in total. The zero-order valence-corrected chi connectivity index (χ0v) is 24.4. The normalized spacial score (nSPS) is 19.4. The van der Waals surface area contributed by atoms with Crippen LogP contribution in [0.1, 0.15) is 59.1 Å². The minimum Gasteiger partial charge on any atom is -0.331 e. The summed E-state index contributed by atoms with van der Waals surface area (Å²) < 4.78 is 2.04. The van der Waals surface area contributed by atoms with E-state index in [4.69, 9.17) is 0 Å². The lowest BCUT2D eigenvalue weighted by Gasteiger charge is -2.24. The molecule has 2 atom stereocenters. The number of rotatable bonds is 10. The Morgan fingerprint density at radius 3 is 1.40 bits per heavy atom. The summed E-state index contributed by atoms with van der Waals surface area (Å²) in [5.41, 5.74) is 12.4. The molecular weight excluding hydrogens is 440 g/mol. The van der Waals surface area contributed by atoms with Gasteiger partial charge in [0, 0.05) is 34.2 Å². The van der Waals surface area contributed by atoms with Gasteiger partial charge in [0.25, 0.3) is 0 Å². The van der Waals surface area contributed by atoms with E-state index >= 15 is 0 Å². The Bertz CT molecular complexity index is 1040.